The van der Waals surface area contributed by atoms with Crippen molar-refractivity contribution in [3.63, 3.8) is 0 Å². The smallest absolute Gasteiger partial charge is 0.239 e. The average Bonchev–Trinajstić information content (AvgIpc) is 2.78. The number of likely N-dealkylation sites (tertiary alicyclic amines) is 2. The molecule has 4 nitrogen and oxygen atoms in total. The molecule has 0 saturated carbocycles. The summed E-state index contributed by atoms with van der Waals surface area (Å²) in [5.74, 6) is 0.359. The first-order chi connectivity index (χ1) is 9.24. The van der Waals surface area contributed by atoms with E-state index in [4.69, 9.17) is 0 Å². The van der Waals surface area contributed by atoms with Crippen LogP contribution >= 0.6 is 12.4 Å². The number of rotatable bonds is 2. The maximum atomic E-state index is 12.6. The van der Waals surface area contributed by atoms with Crippen molar-refractivity contribution in [2.75, 3.05) is 26.2 Å². The van der Waals surface area contributed by atoms with Gasteiger partial charge in [0, 0.05) is 38.3 Å². The summed E-state index contributed by atoms with van der Waals surface area (Å²) in [7, 11) is 0. The Morgan fingerprint density at radius 2 is 1.75 bits per heavy atom. The summed E-state index contributed by atoms with van der Waals surface area (Å²) in [4.78, 5) is 17.1. The number of hydrogen-bond acceptors (Lipinski definition) is 3. The second-order valence-corrected chi connectivity index (χ2v) is 6.48. The minimum atomic E-state index is 0. The first-order valence-corrected chi connectivity index (χ1v) is 8.03. The molecule has 0 aromatic heterocycles. The summed E-state index contributed by atoms with van der Waals surface area (Å²) < 4.78 is 0. The number of amides is 1. The molecule has 3 fully saturated rings. The molecule has 0 aliphatic carbocycles. The first kappa shape index (κ1) is 16.1. The Kier molecular flexibility index (Phi) is 5.70. The Balaban J connectivity index is 0.00000147. The van der Waals surface area contributed by atoms with Gasteiger partial charge in [0.15, 0.2) is 0 Å². The van der Waals surface area contributed by atoms with E-state index in [-0.39, 0.29) is 18.4 Å². The van der Waals surface area contributed by atoms with E-state index in [1.807, 2.05) is 0 Å². The van der Waals surface area contributed by atoms with Gasteiger partial charge in [-0.3, -0.25) is 9.69 Å². The number of carbonyl (C=O) groups excluding carboxylic acids is 1. The van der Waals surface area contributed by atoms with E-state index < -0.39 is 0 Å². The molecule has 20 heavy (non-hydrogen) atoms. The van der Waals surface area contributed by atoms with Crippen molar-refractivity contribution < 1.29 is 4.79 Å². The van der Waals surface area contributed by atoms with Crippen LogP contribution in [0.5, 0.6) is 0 Å². The van der Waals surface area contributed by atoms with Gasteiger partial charge in [0.25, 0.3) is 0 Å². The van der Waals surface area contributed by atoms with Crippen molar-refractivity contribution >= 4 is 18.3 Å². The lowest BCUT2D eigenvalue weighted by molar-refractivity contribution is -0.137. The Hall–Kier alpha value is -0.320. The van der Waals surface area contributed by atoms with Crippen LogP contribution in [0.4, 0.5) is 0 Å². The van der Waals surface area contributed by atoms with Crippen molar-refractivity contribution in [1.82, 2.24) is 15.1 Å². The van der Waals surface area contributed by atoms with E-state index in [0.29, 0.717) is 18.0 Å². The number of nitrogens with one attached hydrogen (secondary N) is 1. The molecule has 3 atom stereocenters. The molecule has 3 unspecified atom stereocenters. The molecule has 3 aliphatic heterocycles. The average molecular weight is 302 g/mol. The molecule has 1 amide bonds. The summed E-state index contributed by atoms with van der Waals surface area (Å²) in [6.07, 6.45) is 7.47. The van der Waals surface area contributed by atoms with Crippen molar-refractivity contribution in [3.8, 4) is 0 Å². The van der Waals surface area contributed by atoms with Gasteiger partial charge in [-0.1, -0.05) is 0 Å². The van der Waals surface area contributed by atoms with Gasteiger partial charge in [-0.2, -0.15) is 0 Å². The Bertz CT molecular complexity index is 333. The molecule has 0 aromatic carbocycles. The van der Waals surface area contributed by atoms with Gasteiger partial charge in [0.2, 0.25) is 5.91 Å². The molecule has 3 saturated heterocycles. The third kappa shape index (κ3) is 3.46. The van der Waals surface area contributed by atoms with Gasteiger partial charge in [-0.15, -0.1) is 12.4 Å². The molecule has 1 N–H and O–H groups in total. The standard InChI is InChI=1S/C15H27N3O.ClH/c1-12(15(19)17-8-3-2-4-9-17)18-10-7-13-5-6-14(11-18)16-13;/h12-14,16H,2-11H2,1H3;1H. The van der Waals surface area contributed by atoms with Gasteiger partial charge in [0.05, 0.1) is 6.04 Å². The van der Waals surface area contributed by atoms with E-state index in [2.05, 4.69) is 22.0 Å². The molecule has 2 bridgehead atoms. The Morgan fingerprint density at radius 3 is 2.50 bits per heavy atom. The molecule has 3 rings (SSSR count). The number of fused-ring (bicyclic) bond motifs is 2. The van der Waals surface area contributed by atoms with Crippen molar-refractivity contribution in [2.24, 2.45) is 0 Å². The predicted octanol–water partition coefficient (Wildman–Crippen LogP) is 1.64. The largest absolute Gasteiger partial charge is 0.341 e. The number of nitrogens with zero attached hydrogens (tertiary/aromatic N) is 2. The highest BCUT2D eigenvalue weighted by molar-refractivity contribution is 5.85. The van der Waals surface area contributed by atoms with Crippen molar-refractivity contribution in [3.05, 3.63) is 0 Å². The zero-order valence-electron chi connectivity index (χ0n) is 12.5. The van der Waals surface area contributed by atoms with Crippen LogP contribution in [0.25, 0.3) is 0 Å². The van der Waals surface area contributed by atoms with E-state index in [0.717, 1.165) is 26.2 Å². The highest BCUT2D eigenvalue weighted by Gasteiger charge is 2.34. The number of hydrogen-bond donors (Lipinski definition) is 1. The summed E-state index contributed by atoms with van der Waals surface area (Å²) in [5.41, 5.74) is 0. The van der Waals surface area contributed by atoms with Crippen LogP contribution in [0.3, 0.4) is 0 Å². The fourth-order valence-electron chi connectivity index (χ4n) is 3.86. The molecule has 0 aromatic rings. The van der Waals surface area contributed by atoms with Crippen LogP contribution in [0.1, 0.15) is 45.4 Å². The molecular weight excluding hydrogens is 274 g/mol. The second kappa shape index (κ2) is 7.10. The minimum absolute atomic E-state index is 0. The molecule has 116 valence electrons. The molecular formula is C15H28ClN3O. The van der Waals surface area contributed by atoms with Gasteiger partial charge in [-0.25, -0.2) is 0 Å². The Morgan fingerprint density at radius 1 is 1.05 bits per heavy atom. The fraction of sp³-hybridized carbons (Fsp3) is 0.933. The highest BCUT2D eigenvalue weighted by atomic mass is 35.5. The van der Waals surface area contributed by atoms with E-state index in [9.17, 15) is 4.79 Å². The zero-order valence-corrected chi connectivity index (χ0v) is 13.3. The number of halogens is 1. The van der Waals surface area contributed by atoms with Crippen molar-refractivity contribution in [2.45, 2.75) is 63.6 Å². The molecule has 0 spiro atoms. The van der Waals surface area contributed by atoms with E-state index in [1.165, 1.54) is 38.5 Å². The monoisotopic (exact) mass is 301 g/mol. The maximum absolute atomic E-state index is 12.6. The third-order valence-corrected chi connectivity index (χ3v) is 5.13. The molecule has 0 radical (unpaired) electrons. The SMILES string of the molecule is CC(C(=O)N1CCCCC1)N1CCC2CCC(C1)N2.Cl. The summed E-state index contributed by atoms with van der Waals surface area (Å²) >= 11 is 0. The molecule has 3 aliphatic rings. The van der Waals surface area contributed by atoms with Gasteiger partial charge < -0.3 is 10.2 Å². The number of carbonyl (C=O) groups is 1. The topological polar surface area (TPSA) is 35.6 Å². The van der Waals surface area contributed by atoms with E-state index in [1.54, 1.807) is 0 Å². The van der Waals surface area contributed by atoms with Crippen LogP contribution in [-0.2, 0) is 4.79 Å². The summed E-state index contributed by atoms with van der Waals surface area (Å²) in [6, 6.07) is 1.38. The quantitative estimate of drug-likeness (QED) is 0.842. The zero-order chi connectivity index (χ0) is 13.2. The Labute approximate surface area is 128 Å². The lowest BCUT2D eigenvalue weighted by Crippen LogP contribution is -2.50. The minimum Gasteiger partial charge on any atom is -0.341 e. The van der Waals surface area contributed by atoms with Gasteiger partial charge in [-0.05, 0) is 45.4 Å². The first-order valence-electron chi connectivity index (χ1n) is 8.03. The van der Waals surface area contributed by atoms with Gasteiger partial charge in [0.1, 0.15) is 0 Å². The molecule has 3 heterocycles. The van der Waals surface area contributed by atoms with Crippen molar-refractivity contribution in [1.29, 1.82) is 0 Å². The van der Waals surface area contributed by atoms with E-state index >= 15 is 0 Å². The summed E-state index contributed by atoms with van der Waals surface area (Å²) in [6.45, 7) is 6.19. The molecule has 5 heteroatoms. The summed E-state index contributed by atoms with van der Waals surface area (Å²) in [5, 5.41) is 3.69. The van der Waals surface area contributed by atoms with Gasteiger partial charge >= 0.3 is 0 Å². The lowest BCUT2D eigenvalue weighted by Gasteiger charge is -2.35. The van der Waals surface area contributed by atoms with Crippen LogP contribution in [-0.4, -0.2) is 60.0 Å². The lowest BCUT2D eigenvalue weighted by atomic mass is 10.1. The fourth-order valence-corrected chi connectivity index (χ4v) is 3.86. The predicted molar refractivity (Wildman–Crippen MR) is 83.3 cm³/mol. The third-order valence-electron chi connectivity index (χ3n) is 5.13. The maximum Gasteiger partial charge on any atom is 0.239 e. The van der Waals surface area contributed by atoms with Crippen LogP contribution in [0, 0.1) is 0 Å². The normalized spacial score (nSPS) is 32.4. The van der Waals surface area contributed by atoms with Crippen LogP contribution < -0.4 is 5.32 Å². The second-order valence-electron chi connectivity index (χ2n) is 6.48. The van der Waals surface area contributed by atoms with Crippen LogP contribution in [0.2, 0.25) is 0 Å². The van der Waals surface area contributed by atoms with Crippen LogP contribution in [0.15, 0.2) is 0 Å². The highest BCUT2D eigenvalue weighted by Crippen LogP contribution is 2.22. The number of piperidine rings is 1.